The fourth-order valence-corrected chi connectivity index (χ4v) is 2.85. The number of carbonyl (C=O) groups excluding carboxylic acids is 1. The van der Waals surface area contributed by atoms with Crippen LogP contribution in [0.2, 0.25) is 5.02 Å². The standard InChI is InChI=1S/C19H16ClFN4O3/c1-2-22-17(26)16-18(27)24(11-12-6-5-7-13(20)10-12)19(28)25(23-16)15-9-4-3-8-14(15)21/h3-10H,2,11H2,1H3,(H,22,26). The molecule has 0 aliphatic heterocycles. The Morgan fingerprint density at radius 2 is 1.93 bits per heavy atom. The number of benzene rings is 2. The van der Waals surface area contributed by atoms with Gasteiger partial charge >= 0.3 is 5.69 Å². The average Bonchev–Trinajstić information content (AvgIpc) is 2.66. The molecule has 0 bridgehead atoms. The van der Waals surface area contributed by atoms with Crippen molar-refractivity contribution in [2.75, 3.05) is 6.54 Å². The summed E-state index contributed by atoms with van der Waals surface area (Å²) < 4.78 is 15.8. The molecule has 0 radical (unpaired) electrons. The predicted octanol–water partition coefficient (Wildman–Crippen LogP) is 1.98. The van der Waals surface area contributed by atoms with Crippen LogP contribution in [0, 0.1) is 5.82 Å². The molecule has 9 heteroatoms. The van der Waals surface area contributed by atoms with E-state index in [1.807, 2.05) is 0 Å². The summed E-state index contributed by atoms with van der Waals surface area (Å²) in [6.45, 7) is 1.78. The maximum atomic E-state index is 14.2. The molecule has 1 aromatic heterocycles. The third kappa shape index (κ3) is 3.86. The van der Waals surface area contributed by atoms with Gasteiger partial charge in [-0.3, -0.25) is 14.2 Å². The summed E-state index contributed by atoms with van der Waals surface area (Å²) in [6, 6.07) is 12.1. The van der Waals surface area contributed by atoms with Gasteiger partial charge in [0.15, 0.2) is 0 Å². The van der Waals surface area contributed by atoms with Crippen LogP contribution in [-0.2, 0) is 6.54 Å². The molecule has 7 nitrogen and oxygen atoms in total. The molecule has 0 atom stereocenters. The van der Waals surface area contributed by atoms with E-state index in [4.69, 9.17) is 11.6 Å². The Hall–Kier alpha value is -3.26. The zero-order chi connectivity index (χ0) is 20.3. The van der Waals surface area contributed by atoms with E-state index in [-0.39, 0.29) is 18.8 Å². The lowest BCUT2D eigenvalue weighted by Gasteiger charge is -2.12. The highest BCUT2D eigenvalue weighted by Crippen LogP contribution is 2.12. The van der Waals surface area contributed by atoms with E-state index < -0.39 is 28.7 Å². The molecule has 3 rings (SSSR count). The molecular formula is C19H16ClFN4O3. The van der Waals surface area contributed by atoms with Crippen LogP contribution in [0.25, 0.3) is 5.69 Å². The van der Waals surface area contributed by atoms with E-state index in [0.717, 1.165) is 10.6 Å². The molecule has 0 fully saturated rings. The molecule has 0 aliphatic rings. The number of aromatic nitrogens is 3. The van der Waals surface area contributed by atoms with E-state index in [0.29, 0.717) is 15.3 Å². The van der Waals surface area contributed by atoms with Crippen LogP contribution in [0.1, 0.15) is 23.0 Å². The number of hydrogen-bond acceptors (Lipinski definition) is 4. The van der Waals surface area contributed by atoms with Crippen LogP contribution in [-0.4, -0.2) is 26.8 Å². The number of halogens is 2. The van der Waals surface area contributed by atoms with Crippen LogP contribution in [0.15, 0.2) is 58.1 Å². The maximum absolute atomic E-state index is 14.2. The van der Waals surface area contributed by atoms with Gasteiger partial charge in [0.2, 0.25) is 5.69 Å². The summed E-state index contributed by atoms with van der Waals surface area (Å²) >= 11 is 5.96. The molecule has 3 aromatic rings. The van der Waals surface area contributed by atoms with E-state index in [9.17, 15) is 18.8 Å². The highest BCUT2D eigenvalue weighted by molar-refractivity contribution is 6.30. The average molecular weight is 403 g/mol. The smallest absolute Gasteiger partial charge is 0.351 e. The van der Waals surface area contributed by atoms with Gasteiger partial charge in [-0.2, -0.15) is 9.78 Å². The van der Waals surface area contributed by atoms with Crippen molar-refractivity contribution in [1.82, 2.24) is 19.7 Å². The quantitative estimate of drug-likeness (QED) is 0.707. The Labute approximate surface area is 164 Å². The van der Waals surface area contributed by atoms with Crippen LogP contribution >= 0.6 is 11.6 Å². The molecule has 28 heavy (non-hydrogen) atoms. The minimum absolute atomic E-state index is 0.151. The lowest BCUT2D eigenvalue weighted by molar-refractivity contribution is 0.0946. The van der Waals surface area contributed by atoms with Crippen molar-refractivity contribution in [1.29, 1.82) is 0 Å². The minimum atomic E-state index is -0.872. The van der Waals surface area contributed by atoms with Crippen molar-refractivity contribution in [2.24, 2.45) is 0 Å². The van der Waals surface area contributed by atoms with Crippen molar-refractivity contribution >= 4 is 17.5 Å². The number of nitrogens with one attached hydrogen (secondary N) is 1. The second kappa shape index (κ2) is 8.18. The van der Waals surface area contributed by atoms with Gasteiger partial charge in [-0.05, 0) is 36.8 Å². The fraction of sp³-hybridized carbons (Fsp3) is 0.158. The van der Waals surface area contributed by atoms with E-state index >= 15 is 0 Å². The third-order valence-electron chi connectivity index (χ3n) is 3.92. The number of hydrogen-bond donors (Lipinski definition) is 1. The second-order valence-electron chi connectivity index (χ2n) is 5.88. The number of nitrogens with zero attached hydrogens (tertiary/aromatic N) is 3. The van der Waals surface area contributed by atoms with Crippen molar-refractivity contribution < 1.29 is 9.18 Å². The third-order valence-corrected chi connectivity index (χ3v) is 4.16. The van der Waals surface area contributed by atoms with Gasteiger partial charge in [-0.1, -0.05) is 35.9 Å². The van der Waals surface area contributed by atoms with Crippen LogP contribution in [0.3, 0.4) is 0 Å². The number of rotatable bonds is 5. The highest BCUT2D eigenvalue weighted by atomic mass is 35.5. The fourth-order valence-electron chi connectivity index (χ4n) is 2.64. The maximum Gasteiger partial charge on any atom is 0.352 e. The van der Waals surface area contributed by atoms with E-state index in [1.165, 1.54) is 18.2 Å². The van der Waals surface area contributed by atoms with Crippen molar-refractivity contribution in [2.45, 2.75) is 13.5 Å². The van der Waals surface area contributed by atoms with Crippen molar-refractivity contribution in [3.05, 3.63) is 91.5 Å². The Morgan fingerprint density at radius 3 is 2.61 bits per heavy atom. The Bertz CT molecular complexity index is 1160. The molecule has 0 aliphatic carbocycles. The molecule has 144 valence electrons. The van der Waals surface area contributed by atoms with Crippen molar-refractivity contribution in [3.63, 3.8) is 0 Å². The summed E-state index contributed by atoms with van der Waals surface area (Å²) in [7, 11) is 0. The Kier molecular flexibility index (Phi) is 5.70. The predicted molar refractivity (Wildman–Crippen MR) is 103 cm³/mol. The van der Waals surface area contributed by atoms with Gasteiger partial charge in [0.05, 0.1) is 6.54 Å². The van der Waals surface area contributed by atoms with E-state index in [1.54, 1.807) is 31.2 Å². The van der Waals surface area contributed by atoms with Gasteiger partial charge in [0.25, 0.3) is 11.5 Å². The first kappa shape index (κ1) is 19.5. The molecule has 1 heterocycles. The minimum Gasteiger partial charge on any atom is -0.351 e. The van der Waals surface area contributed by atoms with Gasteiger partial charge < -0.3 is 5.32 Å². The normalized spacial score (nSPS) is 10.7. The Morgan fingerprint density at radius 1 is 1.18 bits per heavy atom. The van der Waals surface area contributed by atoms with Gasteiger partial charge in [-0.15, -0.1) is 0 Å². The largest absolute Gasteiger partial charge is 0.352 e. The molecule has 1 amide bonds. The van der Waals surface area contributed by atoms with Crippen LogP contribution in [0.4, 0.5) is 4.39 Å². The lowest BCUT2D eigenvalue weighted by atomic mass is 10.2. The summed E-state index contributed by atoms with van der Waals surface area (Å²) in [5.41, 5.74) is -1.85. The first-order valence-electron chi connectivity index (χ1n) is 8.44. The zero-order valence-corrected chi connectivity index (χ0v) is 15.6. The topological polar surface area (TPSA) is 86.0 Å². The van der Waals surface area contributed by atoms with Crippen LogP contribution in [0.5, 0.6) is 0 Å². The second-order valence-corrected chi connectivity index (χ2v) is 6.31. The number of para-hydroxylation sites is 1. The van der Waals surface area contributed by atoms with E-state index in [2.05, 4.69) is 10.4 Å². The first-order valence-corrected chi connectivity index (χ1v) is 8.82. The lowest BCUT2D eigenvalue weighted by Crippen LogP contribution is -2.46. The monoisotopic (exact) mass is 402 g/mol. The SMILES string of the molecule is CCNC(=O)c1nn(-c2ccccc2F)c(=O)n(Cc2cccc(Cl)c2)c1=O. The summed E-state index contributed by atoms with van der Waals surface area (Å²) in [5, 5.41) is 6.73. The van der Waals surface area contributed by atoms with Gasteiger partial charge in [0.1, 0.15) is 11.5 Å². The zero-order valence-electron chi connectivity index (χ0n) is 14.9. The molecule has 0 unspecified atom stereocenters. The highest BCUT2D eigenvalue weighted by Gasteiger charge is 2.21. The van der Waals surface area contributed by atoms with Crippen LogP contribution < -0.4 is 16.6 Å². The molecule has 2 aromatic carbocycles. The first-order chi connectivity index (χ1) is 13.4. The number of amides is 1. The molecule has 1 N–H and O–H groups in total. The van der Waals surface area contributed by atoms with Gasteiger partial charge in [-0.25, -0.2) is 9.18 Å². The molecule has 0 spiro atoms. The number of carbonyl (C=O) groups is 1. The summed E-state index contributed by atoms with van der Waals surface area (Å²) in [4.78, 5) is 37.9. The molecule has 0 saturated carbocycles. The molecule has 0 saturated heterocycles. The summed E-state index contributed by atoms with van der Waals surface area (Å²) in [5.74, 6) is -1.47. The molecular weight excluding hydrogens is 387 g/mol. The Balaban J connectivity index is 2.25. The van der Waals surface area contributed by atoms with Crippen molar-refractivity contribution in [3.8, 4) is 5.69 Å². The van der Waals surface area contributed by atoms with Gasteiger partial charge in [0, 0.05) is 11.6 Å². The summed E-state index contributed by atoms with van der Waals surface area (Å²) in [6.07, 6.45) is 0.